The topological polar surface area (TPSA) is 57.4 Å². The molecule has 12 rings (SSSR count). The smallest absolute Gasteiger partial charge is 0.138 e. The molecule has 0 spiro atoms. The van der Waals surface area contributed by atoms with Gasteiger partial charge in [-0.15, -0.1) is 0 Å². The van der Waals surface area contributed by atoms with E-state index in [1.165, 1.54) is 38.9 Å². The number of nitrogens with zero attached hydrogens (tertiary/aromatic N) is 2. The van der Waals surface area contributed by atoms with E-state index in [4.69, 9.17) is 9.97 Å². The summed E-state index contributed by atoms with van der Waals surface area (Å²) >= 11 is 0. The number of H-pyrrole nitrogens is 2. The Kier molecular flexibility index (Phi) is 7.98. The van der Waals surface area contributed by atoms with E-state index < -0.39 is 0 Å². The first-order valence-corrected chi connectivity index (χ1v) is 17.8. The Morgan fingerprint density at radius 3 is 1.27 bits per heavy atom. The number of aromatic nitrogens is 4. The van der Waals surface area contributed by atoms with E-state index in [-0.39, 0.29) is 0 Å². The van der Waals surface area contributed by atoms with Gasteiger partial charge in [0.2, 0.25) is 0 Å². The minimum absolute atomic E-state index is 0.876. The summed E-state index contributed by atoms with van der Waals surface area (Å²) in [5.41, 5.74) is 17.3. The lowest BCUT2D eigenvalue weighted by Gasteiger charge is -2.16. The standard InChI is InChI=1S/C47H38N4/c1-31-17-23-39(24-18-31)45-44(38-15-9-4-10-16-38)50-47(51-45)41-30-33-20-19-32-21-25-34(27-28-35(41)26-22-33)40(29-32)46-48-42(36-11-5-2-6-12-36)43(49-46)37-13-7-3-8-14-37/h2-18,21-26,29-30H,19-20,27-28H2,1H3,(H,48,49)(H,50,51). The third-order valence-electron chi connectivity index (χ3n) is 10.1. The third kappa shape index (κ3) is 6.10. The Morgan fingerprint density at radius 1 is 0.412 bits per heavy atom. The summed E-state index contributed by atoms with van der Waals surface area (Å²) in [5.74, 6) is 1.83. The lowest BCUT2D eigenvalue weighted by molar-refractivity contribution is 0.921. The second-order valence-corrected chi connectivity index (χ2v) is 13.6. The molecule has 4 heteroatoms. The lowest BCUT2D eigenvalue weighted by atomic mass is 9.90. The van der Waals surface area contributed by atoms with Crippen LogP contribution in [0.3, 0.4) is 0 Å². The summed E-state index contributed by atoms with van der Waals surface area (Å²) in [6.07, 6.45) is 3.62. The van der Waals surface area contributed by atoms with Crippen LogP contribution in [0.15, 0.2) is 152 Å². The van der Waals surface area contributed by atoms with Gasteiger partial charge in [0.25, 0.3) is 0 Å². The third-order valence-corrected chi connectivity index (χ3v) is 10.1. The number of imidazole rings is 2. The molecule has 0 aliphatic heterocycles. The van der Waals surface area contributed by atoms with E-state index in [0.29, 0.717) is 0 Å². The number of aryl methyl sites for hydroxylation is 5. The van der Waals surface area contributed by atoms with Crippen LogP contribution in [0.25, 0.3) is 67.8 Å². The predicted octanol–water partition coefficient (Wildman–Crippen LogP) is 11.3. The summed E-state index contributed by atoms with van der Waals surface area (Å²) in [7, 11) is 0. The first-order valence-electron chi connectivity index (χ1n) is 17.8. The molecule has 0 fully saturated rings. The molecule has 2 N–H and O–H groups in total. The van der Waals surface area contributed by atoms with E-state index >= 15 is 0 Å². The first kappa shape index (κ1) is 30.8. The highest BCUT2D eigenvalue weighted by Gasteiger charge is 2.21. The van der Waals surface area contributed by atoms with Crippen LogP contribution in [0, 0.1) is 6.92 Å². The summed E-state index contributed by atoms with van der Waals surface area (Å²) < 4.78 is 0. The molecule has 6 aromatic carbocycles. The fraction of sp³-hybridized carbons (Fsp3) is 0.106. The van der Waals surface area contributed by atoms with Gasteiger partial charge in [0, 0.05) is 33.4 Å². The average Bonchev–Trinajstić information content (AvgIpc) is 3.83. The number of nitrogens with one attached hydrogen (secondary N) is 2. The lowest BCUT2D eigenvalue weighted by Crippen LogP contribution is -2.03. The summed E-state index contributed by atoms with van der Waals surface area (Å²) in [6.45, 7) is 2.13. The van der Waals surface area contributed by atoms with Crippen LogP contribution in [0.2, 0.25) is 0 Å². The molecule has 2 heterocycles. The van der Waals surface area contributed by atoms with Gasteiger partial charge in [-0.05, 0) is 67.0 Å². The van der Waals surface area contributed by atoms with Gasteiger partial charge < -0.3 is 9.97 Å². The van der Waals surface area contributed by atoms with Crippen LogP contribution >= 0.6 is 0 Å². The van der Waals surface area contributed by atoms with Crippen LogP contribution in [-0.4, -0.2) is 19.9 Å². The molecule has 4 bridgehead atoms. The van der Waals surface area contributed by atoms with Crippen LogP contribution in [0.5, 0.6) is 0 Å². The maximum atomic E-state index is 5.33. The number of rotatable bonds is 6. The maximum Gasteiger partial charge on any atom is 0.138 e. The van der Waals surface area contributed by atoms with E-state index in [9.17, 15) is 0 Å². The minimum Gasteiger partial charge on any atom is -0.337 e. The monoisotopic (exact) mass is 658 g/mol. The van der Waals surface area contributed by atoms with Crippen LogP contribution in [0.1, 0.15) is 27.8 Å². The van der Waals surface area contributed by atoms with Crippen LogP contribution in [0.4, 0.5) is 0 Å². The van der Waals surface area contributed by atoms with E-state index in [1.54, 1.807) is 0 Å². The molecular formula is C47H38N4. The molecule has 0 saturated carbocycles. The highest BCUT2D eigenvalue weighted by molar-refractivity contribution is 5.83. The first-order chi connectivity index (χ1) is 25.2. The number of hydrogen-bond donors (Lipinski definition) is 2. The van der Waals surface area contributed by atoms with Crippen LogP contribution < -0.4 is 0 Å². The second kappa shape index (κ2) is 13.2. The second-order valence-electron chi connectivity index (χ2n) is 13.6. The molecule has 51 heavy (non-hydrogen) atoms. The van der Waals surface area contributed by atoms with Crippen molar-refractivity contribution in [1.82, 2.24) is 19.9 Å². The fourth-order valence-corrected chi connectivity index (χ4v) is 7.35. The van der Waals surface area contributed by atoms with Crippen molar-refractivity contribution in [2.24, 2.45) is 0 Å². The minimum atomic E-state index is 0.876. The van der Waals surface area contributed by atoms with Crippen molar-refractivity contribution in [3.05, 3.63) is 179 Å². The van der Waals surface area contributed by atoms with E-state index in [1.807, 2.05) is 0 Å². The largest absolute Gasteiger partial charge is 0.337 e. The molecular weight excluding hydrogens is 621 g/mol. The van der Waals surface area contributed by atoms with Crippen molar-refractivity contribution >= 4 is 0 Å². The normalized spacial score (nSPS) is 12.5. The molecule has 4 nitrogen and oxygen atoms in total. The Morgan fingerprint density at radius 2 is 0.824 bits per heavy atom. The Labute approximate surface area is 299 Å². The number of benzene rings is 6. The summed E-state index contributed by atoms with van der Waals surface area (Å²) in [6, 6.07) is 54.2. The quantitative estimate of drug-likeness (QED) is 0.187. The zero-order valence-corrected chi connectivity index (χ0v) is 28.7. The van der Waals surface area contributed by atoms with Gasteiger partial charge >= 0.3 is 0 Å². The van der Waals surface area contributed by atoms with Crippen molar-refractivity contribution < 1.29 is 0 Å². The van der Waals surface area contributed by atoms with Gasteiger partial charge in [-0.1, -0.05) is 145 Å². The summed E-state index contributed by atoms with van der Waals surface area (Å²) in [4.78, 5) is 18.2. The Bertz CT molecular complexity index is 2400. The van der Waals surface area contributed by atoms with Gasteiger partial charge in [0.1, 0.15) is 11.6 Å². The molecule has 2 aromatic heterocycles. The zero-order chi connectivity index (χ0) is 34.1. The highest BCUT2D eigenvalue weighted by Crippen LogP contribution is 2.37. The number of aromatic amines is 2. The molecule has 246 valence electrons. The molecule has 4 aliphatic rings. The number of hydrogen-bond acceptors (Lipinski definition) is 2. The van der Waals surface area contributed by atoms with Crippen LogP contribution in [-0.2, 0) is 25.7 Å². The van der Waals surface area contributed by atoms with E-state index in [2.05, 4.69) is 169 Å². The molecule has 0 unspecified atom stereocenters. The van der Waals surface area contributed by atoms with Crippen molar-refractivity contribution in [2.45, 2.75) is 32.6 Å². The molecule has 0 atom stereocenters. The van der Waals surface area contributed by atoms with Gasteiger partial charge in [-0.25, -0.2) is 9.97 Å². The molecule has 0 radical (unpaired) electrons. The Balaban J connectivity index is 1.13. The van der Waals surface area contributed by atoms with Crippen molar-refractivity contribution in [3.63, 3.8) is 0 Å². The zero-order valence-electron chi connectivity index (χ0n) is 28.7. The highest BCUT2D eigenvalue weighted by atomic mass is 14.9. The van der Waals surface area contributed by atoms with Gasteiger partial charge in [-0.2, -0.15) is 0 Å². The Hall–Kier alpha value is -6.26. The van der Waals surface area contributed by atoms with Gasteiger partial charge in [0.05, 0.1) is 22.8 Å². The van der Waals surface area contributed by atoms with Gasteiger partial charge in [0.15, 0.2) is 0 Å². The molecule has 0 amide bonds. The van der Waals surface area contributed by atoms with Crippen molar-refractivity contribution in [3.8, 4) is 67.8 Å². The fourth-order valence-electron chi connectivity index (χ4n) is 7.35. The molecule has 0 saturated heterocycles. The van der Waals surface area contributed by atoms with Crippen molar-refractivity contribution in [1.29, 1.82) is 0 Å². The molecule has 8 aromatic rings. The van der Waals surface area contributed by atoms with E-state index in [0.717, 1.165) is 82.4 Å². The van der Waals surface area contributed by atoms with Gasteiger partial charge in [-0.3, -0.25) is 0 Å². The predicted molar refractivity (Wildman–Crippen MR) is 209 cm³/mol. The summed E-state index contributed by atoms with van der Waals surface area (Å²) in [5, 5.41) is 0. The van der Waals surface area contributed by atoms with Crippen molar-refractivity contribution in [2.75, 3.05) is 0 Å². The maximum absolute atomic E-state index is 5.33. The average molecular weight is 659 g/mol. The molecule has 4 aliphatic carbocycles. The SMILES string of the molecule is Cc1ccc(-c2[nH]c(-c3cc4ccc3CCc3ccc(cc3-c3nc(-c5ccccc5)c(-c5ccccc5)[nH]3)CC4)nc2-c2ccccc2)cc1.